The average molecular weight is 170 g/mol. The van der Waals surface area contributed by atoms with E-state index in [1.54, 1.807) is 0 Å². The second-order valence-electron chi connectivity index (χ2n) is 3.93. The predicted octanol–water partition coefficient (Wildman–Crippen LogP) is 0.566. The van der Waals surface area contributed by atoms with E-state index < -0.39 is 0 Å². The first kappa shape index (κ1) is 8.05. The number of rotatable bonds is 1. The van der Waals surface area contributed by atoms with Crippen molar-refractivity contribution in [3.05, 3.63) is 0 Å². The molecule has 2 bridgehead atoms. The van der Waals surface area contributed by atoms with Gasteiger partial charge < -0.3 is 9.84 Å². The number of aliphatic hydroxyl groups excluding tert-OH is 1. The maximum absolute atomic E-state index is 11.2. The van der Waals surface area contributed by atoms with Gasteiger partial charge in [-0.1, -0.05) is 0 Å². The number of aliphatic hydroxyl groups is 1. The standard InChI is InChI=1S/C9H14O3/c1-12-9(11)7-3-5-2-6(7)8(10)4-5/h5-8,10H,2-4H2,1H3/t5-,6-,7+,8-/m0/s1. The largest absolute Gasteiger partial charge is 0.469 e. The zero-order chi connectivity index (χ0) is 8.72. The maximum Gasteiger partial charge on any atom is 0.309 e. The third kappa shape index (κ3) is 1.04. The molecule has 12 heavy (non-hydrogen) atoms. The monoisotopic (exact) mass is 170 g/mol. The van der Waals surface area contributed by atoms with Crippen LogP contribution in [-0.4, -0.2) is 24.3 Å². The third-order valence-corrected chi connectivity index (χ3v) is 3.28. The molecule has 0 unspecified atom stereocenters. The maximum atomic E-state index is 11.2. The highest BCUT2D eigenvalue weighted by Crippen LogP contribution is 2.48. The molecule has 2 aliphatic carbocycles. The van der Waals surface area contributed by atoms with Crippen LogP contribution in [0.25, 0.3) is 0 Å². The van der Waals surface area contributed by atoms with E-state index in [0.29, 0.717) is 5.92 Å². The number of esters is 1. The summed E-state index contributed by atoms with van der Waals surface area (Å²) in [5, 5.41) is 9.53. The Kier molecular flexibility index (Phi) is 1.83. The molecule has 2 rings (SSSR count). The SMILES string of the molecule is COC(=O)[C@@H]1C[C@@H]2C[C@@H]1[C@@H](O)C2. The molecule has 0 aliphatic heterocycles. The molecule has 0 amide bonds. The van der Waals surface area contributed by atoms with Crippen LogP contribution in [0, 0.1) is 17.8 Å². The Morgan fingerprint density at radius 2 is 2.17 bits per heavy atom. The summed E-state index contributed by atoms with van der Waals surface area (Å²) in [5.41, 5.74) is 0. The van der Waals surface area contributed by atoms with Crippen molar-refractivity contribution in [2.24, 2.45) is 17.8 Å². The molecule has 0 spiro atoms. The van der Waals surface area contributed by atoms with Crippen LogP contribution in [-0.2, 0) is 9.53 Å². The van der Waals surface area contributed by atoms with Crippen LogP contribution in [0.2, 0.25) is 0 Å². The van der Waals surface area contributed by atoms with Crippen LogP contribution in [0.4, 0.5) is 0 Å². The molecular formula is C9H14O3. The van der Waals surface area contributed by atoms with Crippen LogP contribution in [0.3, 0.4) is 0 Å². The number of carbonyl (C=O) groups is 1. The summed E-state index contributed by atoms with van der Waals surface area (Å²) in [5.74, 6) is 0.585. The first-order valence-electron chi connectivity index (χ1n) is 4.48. The van der Waals surface area contributed by atoms with Gasteiger partial charge >= 0.3 is 5.97 Å². The Hall–Kier alpha value is -0.570. The molecule has 0 heterocycles. The van der Waals surface area contributed by atoms with Crippen LogP contribution in [0.1, 0.15) is 19.3 Å². The van der Waals surface area contributed by atoms with E-state index in [0.717, 1.165) is 19.3 Å². The third-order valence-electron chi connectivity index (χ3n) is 3.28. The Balaban J connectivity index is 2.07. The van der Waals surface area contributed by atoms with Crippen LogP contribution >= 0.6 is 0 Å². The number of methoxy groups -OCH3 is 1. The minimum absolute atomic E-state index is 0.0243. The summed E-state index contributed by atoms with van der Waals surface area (Å²) in [4.78, 5) is 11.2. The summed E-state index contributed by atoms with van der Waals surface area (Å²) >= 11 is 0. The van der Waals surface area contributed by atoms with E-state index in [9.17, 15) is 9.90 Å². The van der Waals surface area contributed by atoms with Crippen molar-refractivity contribution < 1.29 is 14.6 Å². The second kappa shape index (κ2) is 2.73. The highest BCUT2D eigenvalue weighted by atomic mass is 16.5. The molecule has 3 heteroatoms. The topological polar surface area (TPSA) is 46.5 Å². The van der Waals surface area contributed by atoms with Crippen LogP contribution in [0.5, 0.6) is 0 Å². The van der Waals surface area contributed by atoms with Crippen molar-refractivity contribution in [3.63, 3.8) is 0 Å². The van der Waals surface area contributed by atoms with Crippen LogP contribution in [0.15, 0.2) is 0 Å². The lowest BCUT2D eigenvalue weighted by Gasteiger charge is -2.23. The fraction of sp³-hybridized carbons (Fsp3) is 0.889. The van der Waals surface area contributed by atoms with Gasteiger partial charge in [-0.25, -0.2) is 0 Å². The van der Waals surface area contributed by atoms with E-state index in [1.807, 2.05) is 0 Å². The summed E-state index contributed by atoms with van der Waals surface area (Å²) < 4.78 is 4.69. The molecular weight excluding hydrogens is 156 g/mol. The lowest BCUT2D eigenvalue weighted by molar-refractivity contribution is -0.149. The normalized spacial score (nSPS) is 44.8. The van der Waals surface area contributed by atoms with E-state index in [2.05, 4.69) is 4.74 Å². The number of carbonyl (C=O) groups excluding carboxylic acids is 1. The van der Waals surface area contributed by atoms with Gasteiger partial charge in [-0.3, -0.25) is 4.79 Å². The van der Waals surface area contributed by atoms with Gasteiger partial charge in [-0.2, -0.15) is 0 Å². The Bertz CT molecular complexity index is 202. The number of hydrogen-bond acceptors (Lipinski definition) is 3. The highest BCUT2D eigenvalue weighted by molar-refractivity contribution is 5.73. The lowest BCUT2D eigenvalue weighted by atomic mass is 9.87. The predicted molar refractivity (Wildman–Crippen MR) is 42.3 cm³/mol. The molecule has 0 aromatic heterocycles. The van der Waals surface area contributed by atoms with Crippen molar-refractivity contribution in [3.8, 4) is 0 Å². The summed E-state index contributed by atoms with van der Waals surface area (Å²) in [6, 6.07) is 0. The van der Waals surface area contributed by atoms with Crippen molar-refractivity contribution in [2.45, 2.75) is 25.4 Å². The van der Waals surface area contributed by atoms with Crippen molar-refractivity contribution in [2.75, 3.05) is 7.11 Å². The highest BCUT2D eigenvalue weighted by Gasteiger charge is 2.48. The molecule has 1 N–H and O–H groups in total. The van der Waals surface area contributed by atoms with Gasteiger partial charge in [-0.15, -0.1) is 0 Å². The summed E-state index contributed by atoms with van der Waals surface area (Å²) in [7, 11) is 1.42. The molecule has 2 saturated carbocycles. The molecule has 2 fully saturated rings. The van der Waals surface area contributed by atoms with Crippen molar-refractivity contribution >= 4 is 5.97 Å². The Morgan fingerprint density at radius 1 is 1.42 bits per heavy atom. The smallest absolute Gasteiger partial charge is 0.309 e. The van der Waals surface area contributed by atoms with Crippen LogP contribution < -0.4 is 0 Å². The number of hydrogen-bond donors (Lipinski definition) is 1. The average Bonchev–Trinajstić information content (AvgIpc) is 2.60. The Morgan fingerprint density at radius 3 is 2.67 bits per heavy atom. The fourth-order valence-electron chi connectivity index (χ4n) is 2.74. The minimum Gasteiger partial charge on any atom is -0.469 e. The molecule has 2 aliphatic rings. The van der Waals surface area contributed by atoms with E-state index in [-0.39, 0.29) is 23.9 Å². The molecule has 0 aromatic carbocycles. The Labute approximate surface area is 71.7 Å². The lowest BCUT2D eigenvalue weighted by Crippen LogP contribution is -2.30. The van der Waals surface area contributed by atoms with Gasteiger partial charge in [0.05, 0.1) is 19.1 Å². The van der Waals surface area contributed by atoms with Gasteiger partial charge in [0.2, 0.25) is 0 Å². The first-order chi connectivity index (χ1) is 5.72. The zero-order valence-electron chi connectivity index (χ0n) is 7.19. The van der Waals surface area contributed by atoms with Gasteiger partial charge in [0.1, 0.15) is 0 Å². The van der Waals surface area contributed by atoms with Gasteiger partial charge in [0.15, 0.2) is 0 Å². The molecule has 0 radical (unpaired) electrons. The minimum atomic E-state index is -0.257. The second-order valence-corrected chi connectivity index (χ2v) is 3.93. The number of ether oxygens (including phenoxy) is 1. The quantitative estimate of drug-likeness (QED) is 0.585. The summed E-state index contributed by atoms with van der Waals surface area (Å²) in [6.45, 7) is 0. The molecule has 3 nitrogen and oxygen atoms in total. The molecule has 4 atom stereocenters. The van der Waals surface area contributed by atoms with Gasteiger partial charge in [0, 0.05) is 0 Å². The molecule has 68 valence electrons. The van der Waals surface area contributed by atoms with E-state index in [1.165, 1.54) is 7.11 Å². The molecule has 0 aromatic rings. The van der Waals surface area contributed by atoms with E-state index in [4.69, 9.17) is 0 Å². The van der Waals surface area contributed by atoms with Crippen molar-refractivity contribution in [1.82, 2.24) is 0 Å². The first-order valence-corrected chi connectivity index (χ1v) is 4.48. The van der Waals surface area contributed by atoms with Gasteiger partial charge in [-0.05, 0) is 31.1 Å². The van der Waals surface area contributed by atoms with E-state index >= 15 is 0 Å². The molecule has 0 saturated heterocycles. The summed E-state index contributed by atoms with van der Waals surface area (Å²) in [6.07, 6.45) is 2.57. The zero-order valence-corrected chi connectivity index (χ0v) is 7.19. The van der Waals surface area contributed by atoms with Crippen molar-refractivity contribution in [1.29, 1.82) is 0 Å². The fourth-order valence-corrected chi connectivity index (χ4v) is 2.74. The van der Waals surface area contributed by atoms with Gasteiger partial charge in [0.25, 0.3) is 0 Å². The number of fused-ring (bicyclic) bond motifs is 2.